The second-order valence-corrected chi connectivity index (χ2v) is 8.28. The minimum atomic E-state index is -3.66. The highest BCUT2D eigenvalue weighted by Gasteiger charge is 2.20. The highest BCUT2D eigenvalue weighted by atomic mass is 32.2. The van der Waals surface area contributed by atoms with E-state index in [2.05, 4.69) is 4.74 Å². The first-order chi connectivity index (χ1) is 8.08. The first kappa shape index (κ1) is 17.3. The molecule has 0 atom stereocenters. The molecule has 0 saturated carbocycles. The van der Waals surface area contributed by atoms with E-state index in [4.69, 9.17) is 0 Å². The quantitative estimate of drug-likeness (QED) is 0.547. The van der Waals surface area contributed by atoms with Gasteiger partial charge >= 0.3 is 5.97 Å². The third kappa shape index (κ3) is 7.62. The lowest BCUT2D eigenvalue weighted by Gasteiger charge is -2.16. The van der Waals surface area contributed by atoms with Gasteiger partial charge in [0.25, 0.3) is 0 Å². The molecule has 9 heteroatoms. The Morgan fingerprint density at radius 3 is 2.17 bits per heavy atom. The molecule has 0 radical (unpaired) electrons. The molecular formula is C9H19NO6S2. The number of carbonyl (C=O) groups excluding carboxylic acids is 1. The average Bonchev–Trinajstić information content (AvgIpc) is 2.23. The van der Waals surface area contributed by atoms with Crippen molar-refractivity contribution in [3.05, 3.63) is 0 Å². The summed E-state index contributed by atoms with van der Waals surface area (Å²) in [5.74, 6) is -1.40. The van der Waals surface area contributed by atoms with E-state index in [9.17, 15) is 21.6 Å². The first-order valence-corrected chi connectivity index (χ1v) is 9.03. The van der Waals surface area contributed by atoms with Crippen molar-refractivity contribution in [3.8, 4) is 0 Å². The summed E-state index contributed by atoms with van der Waals surface area (Å²) in [5, 5.41) is 0. The molecule has 0 aromatic heterocycles. The van der Waals surface area contributed by atoms with Gasteiger partial charge in [-0.05, 0) is 6.92 Å². The van der Waals surface area contributed by atoms with Gasteiger partial charge in [-0.25, -0.2) is 21.1 Å². The van der Waals surface area contributed by atoms with E-state index in [1.165, 1.54) is 7.05 Å². The molecule has 108 valence electrons. The van der Waals surface area contributed by atoms with Crippen LogP contribution in [0.5, 0.6) is 0 Å². The number of hydrogen-bond donors (Lipinski definition) is 0. The van der Waals surface area contributed by atoms with Gasteiger partial charge in [-0.1, -0.05) is 0 Å². The van der Waals surface area contributed by atoms with Crippen LogP contribution in [0, 0.1) is 0 Å². The van der Waals surface area contributed by atoms with Crippen molar-refractivity contribution in [3.63, 3.8) is 0 Å². The van der Waals surface area contributed by atoms with Crippen molar-refractivity contribution >= 4 is 25.8 Å². The fraction of sp³-hybridized carbons (Fsp3) is 0.889. The average molecular weight is 301 g/mol. The van der Waals surface area contributed by atoms with Crippen molar-refractivity contribution in [2.45, 2.75) is 13.3 Å². The van der Waals surface area contributed by atoms with Crippen LogP contribution in [-0.2, 0) is 29.4 Å². The van der Waals surface area contributed by atoms with Crippen LogP contribution < -0.4 is 0 Å². The van der Waals surface area contributed by atoms with Crippen LogP contribution in [0.1, 0.15) is 13.3 Å². The van der Waals surface area contributed by atoms with Gasteiger partial charge in [0.05, 0.1) is 24.5 Å². The van der Waals surface area contributed by atoms with Gasteiger partial charge in [0.15, 0.2) is 0 Å². The molecule has 0 heterocycles. The fourth-order valence-electron chi connectivity index (χ4n) is 1.03. The van der Waals surface area contributed by atoms with E-state index in [-0.39, 0.29) is 19.6 Å². The second-order valence-electron chi connectivity index (χ2n) is 3.82. The number of nitrogens with zero attached hydrogens (tertiary/aromatic N) is 1. The van der Waals surface area contributed by atoms with Crippen molar-refractivity contribution in [2.24, 2.45) is 0 Å². The van der Waals surface area contributed by atoms with Crippen LogP contribution in [0.2, 0.25) is 0 Å². The maximum absolute atomic E-state index is 11.7. The Kier molecular flexibility index (Phi) is 6.79. The molecule has 0 spiro atoms. The molecule has 0 saturated heterocycles. The van der Waals surface area contributed by atoms with E-state index in [1.54, 1.807) is 6.92 Å². The number of ether oxygens (including phenoxy) is 1. The van der Waals surface area contributed by atoms with E-state index in [0.717, 1.165) is 10.6 Å². The third-order valence-corrected chi connectivity index (χ3v) is 5.18. The largest absolute Gasteiger partial charge is 0.466 e. The predicted molar refractivity (Wildman–Crippen MR) is 67.4 cm³/mol. The molecule has 18 heavy (non-hydrogen) atoms. The van der Waals surface area contributed by atoms with Gasteiger partial charge in [0, 0.05) is 19.8 Å². The molecule has 0 aromatic carbocycles. The Balaban J connectivity index is 4.31. The molecule has 0 fully saturated rings. The SMILES string of the molecule is CCOC(=O)CCN(C)S(=O)(=O)CCS(C)(=O)=O. The van der Waals surface area contributed by atoms with Gasteiger partial charge in [0.1, 0.15) is 9.84 Å². The van der Waals surface area contributed by atoms with Crippen LogP contribution >= 0.6 is 0 Å². The summed E-state index contributed by atoms with van der Waals surface area (Å²) in [4.78, 5) is 11.1. The Morgan fingerprint density at radius 1 is 1.17 bits per heavy atom. The predicted octanol–water partition coefficient (Wildman–Crippen LogP) is -0.754. The van der Waals surface area contributed by atoms with E-state index < -0.39 is 37.3 Å². The Morgan fingerprint density at radius 2 is 1.72 bits per heavy atom. The molecule has 0 aliphatic carbocycles. The minimum Gasteiger partial charge on any atom is -0.466 e. The van der Waals surface area contributed by atoms with Crippen molar-refractivity contribution in [1.29, 1.82) is 0 Å². The minimum absolute atomic E-state index is 0.0229. The lowest BCUT2D eigenvalue weighted by Crippen LogP contribution is -2.33. The molecular weight excluding hydrogens is 282 g/mol. The number of sulfonamides is 1. The summed E-state index contributed by atoms with van der Waals surface area (Å²) in [6.07, 6.45) is 0.920. The zero-order chi connectivity index (χ0) is 14.4. The van der Waals surface area contributed by atoms with Crippen LogP contribution in [0.25, 0.3) is 0 Å². The van der Waals surface area contributed by atoms with Gasteiger partial charge < -0.3 is 4.74 Å². The van der Waals surface area contributed by atoms with Crippen LogP contribution in [-0.4, -0.2) is 65.1 Å². The summed E-state index contributed by atoms with van der Waals surface area (Å²) >= 11 is 0. The smallest absolute Gasteiger partial charge is 0.307 e. The molecule has 0 aliphatic rings. The van der Waals surface area contributed by atoms with Gasteiger partial charge in [-0.2, -0.15) is 0 Å². The number of hydrogen-bond acceptors (Lipinski definition) is 6. The molecule has 0 rings (SSSR count). The molecule has 0 aliphatic heterocycles. The van der Waals surface area contributed by atoms with Crippen molar-refractivity contribution in [2.75, 3.05) is 38.0 Å². The van der Waals surface area contributed by atoms with Crippen LogP contribution in [0.15, 0.2) is 0 Å². The summed E-state index contributed by atoms with van der Waals surface area (Å²) in [6.45, 7) is 1.87. The van der Waals surface area contributed by atoms with E-state index in [1.807, 2.05) is 0 Å². The highest BCUT2D eigenvalue weighted by Crippen LogP contribution is 2.02. The first-order valence-electron chi connectivity index (χ1n) is 5.36. The standard InChI is InChI=1S/C9H19NO6S2/c1-4-16-9(11)5-6-10(2)18(14,15)8-7-17(3,12)13/h4-8H2,1-3H3. The second kappa shape index (κ2) is 7.05. The van der Waals surface area contributed by atoms with Gasteiger partial charge in [0.2, 0.25) is 10.0 Å². The molecule has 0 unspecified atom stereocenters. The Hall–Kier alpha value is -0.670. The fourth-order valence-corrected chi connectivity index (χ4v) is 3.77. The van der Waals surface area contributed by atoms with E-state index >= 15 is 0 Å². The van der Waals surface area contributed by atoms with Crippen molar-refractivity contribution < 1.29 is 26.4 Å². The topological polar surface area (TPSA) is 97.8 Å². The monoisotopic (exact) mass is 301 g/mol. The maximum atomic E-state index is 11.7. The summed E-state index contributed by atoms with van der Waals surface area (Å²) in [6, 6.07) is 0. The van der Waals surface area contributed by atoms with Gasteiger partial charge in [-0.3, -0.25) is 4.79 Å². The molecule has 0 amide bonds. The number of sulfone groups is 1. The summed E-state index contributed by atoms with van der Waals surface area (Å²) in [5.41, 5.74) is 0. The molecule has 0 aromatic rings. The number of carbonyl (C=O) groups is 1. The van der Waals surface area contributed by atoms with Gasteiger partial charge in [-0.15, -0.1) is 0 Å². The Labute approximate surface area is 108 Å². The van der Waals surface area contributed by atoms with E-state index in [0.29, 0.717) is 0 Å². The van der Waals surface area contributed by atoms with Crippen LogP contribution in [0.3, 0.4) is 0 Å². The number of esters is 1. The third-order valence-electron chi connectivity index (χ3n) is 2.12. The lowest BCUT2D eigenvalue weighted by molar-refractivity contribution is -0.143. The summed E-state index contributed by atoms with van der Waals surface area (Å²) < 4.78 is 50.7. The van der Waals surface area contributed by atoms with Crippen molar-refractivity contribution in [1.82, 2.24) is 4.31 Å². The lowest BCUT2D eigenvalue weighted by atomic mass is 10.4. The Bertz CT molecular complexity index is 467. The zero-order valence-electron chi connectivity index (χ0n) is 10.7. The molecule has 0 N–H and O–H groups in total. The zero-order valence-corrected chi connectivity index (χ0v) is 12.4. The molecule has 0 bridgehead atoms. The van der Waals surface area contributed by atoms with Crippen LogP contribution in [0.4, 0.5) is 0 Å². The normalized spacial score (nSPS) is 12.7. The number of rotatable bonds is 8. The molecule has 7 nitrogen and oxygen atoms in total. The highest BCUT2D eigenvalue weighted by molar-refractivity contribution is 7.93. The summed E-state index contributed by atoms with van der Waals surface area (Å²) in [7, 11) is -5.68. The maximum Gasteiger partial charge on any atom is 0.307 e.